The fourth-order valence-corrected chi connectivity index (χ4v) is 2.45. The van der Waals surface area contributed by atoms with Gasteiger partial charge in [-0.15, -0.1) is 0 Å². The molecule has 0 radical (unpaired) electrons. The average Bonchev–Trinajstić information content (AvgIpc) is 2.67. The first-order chi connectivity index (χ1) is 13.0. The molecule has 0 aliphatic rings. The first kappa shape index (κ1) is 20.7. The maximum atomic E-state index is 12.0. The van der Waals surface area contributed by atoms with E-state index in [9.17, 15) is 9.59 Å². The summed E-state index contributed by atoms with van der Waals surface area (Å²) in [6, 6.07) is 12.2. The van der Waals surface area contributed by atoms with Crippen LogP contribution in [0.15, 0.2) is 54.6 Å². The molecule has 0 aromatic heterocycles. The number of carbonyl (C=O) groups is 2. The minimum absolute atomic E-state index is 0.141. The minimum atomic E-state index is -0.418. The van der Waals surface area contributed by atoms with Crippen LogP contribution in [0.5, 0.6) is 5.75 Å². The van der Waals surface area contributed by atoms with Gasteiger partial charge in [-0.25, -0.2) is 4.79 Å². The number of allylic oxidation sites excluding steroid dienone is 2. The van der Waals surface area contributed by atoms with Crippen molar-refractivity contribution in [1.29, 1.82) is 0 Å². The zero-order valence-corrected chi connectivity index (χ0v) is 16.2. The number of halogens is 2. The minimum Gasteiger partial charge on any atom is -0.482 e. The molecule has 0 fully saturated rings. The summed E-state index contributed by atoms with van der Waals surface area (Å²) in [6.07, 6.45) is 6.17. The van der Waals surface area contributed by atoms with Crippen molar-refractivity contribution < 1.29 is 19.1 Å². The van der Waals surface area contributed by atoms with Crippen molar-refractivity contribution in [3.8, 4) is 5.75 Å². The highest BCUT2D eigenvalue weighted by atomic mass is 35.5. The summed E-state index contributed by atoms with van der Waals surface area (Å²) in [6.45, 7) is 1.91. The van der Waals surface area contributed by atoms with Gasteiger partial charge in [0.1, 0.15) is 5.75 Å². The smallest absolute Gasteiger partial charge is 0.344 e. The number of carbonyl (C=O) groups excluding carboxylic acids is 2. The molecule has 0 atom stereocenters. The topological polar surface area (TPSA) is 52.6 Å². The predicted octanol–water partition coefficient (Wildman–Crippen LogP) is 5.23. The van der Waals surface area contributed by atoms with Crippen LogP contribution in [0.2, 0.25) is 10.0 Å². The summed E-state index contributed by atoms with van der Waals surface area (Å²) in [7, 11) is 0. The van der Waals surface area contributed by atoms with Crippen LogP contribution in [0.4, 0.5) is 0 Å². The molecule has 0 bridgehead atoms. The summed E-state index contributed by atoms with van der Waals surface area (Å²) in [5.41, 5.74) is 1.50. The third-order valence-electron chi connectivity index (χ3n) is 3.39. The first-order valence-corrected chi connectivity index (χ1v) is 8.98. The number of rotatable bonds is 8. The van der Waals surface area contributed by atoms with Crippen molar-refractivity contribution in [3.05, 3.63) is 75.8 Å². The molecule has 0 aliphatic heterocycles. The van der Waals surface area contributed by atoms with Crippen molar-refractivity contribution in [1.82, 2.24) is 0 Å². The molecule has 0 amide bonds. The van der Waals surface area contributed by atoms with Gasteiger partial charge in [0, 0.05) is 0 Å². The van der Waals surface area contributed by atoms with E-state index < -0.39 is 5.97 Å². The quantitative estimate of drug-likeness (QED) is 0.446. The number of ether oxygens (including phenoxy) is 2. The molecule has 0 N–H and O–H groups in total. The zero-order valence-electron chi connectivity index (χ0n) is 14.7. The Morgan fingerprint density at radius 3 is 2.41 bits per heavy atom. The van der Waals surface area contributed by atoms with E-state index in [0.29, 0.717) is 28.0 Å². The lowest BCUT2D eigenvalue weighted by molar-refractivity contribution is -0.145. The molecule has 6 heteroatoms. The number of benzene rings is 2. The first-order valence-electron chi connectivity index (χ1n) is 8.22. The Labute approximate surface area is 168 Å². The molecule has 0 saturated carbocycles. The highest BCUT2D eigenvalue weighted by molar-refractivity contribution is 6.42. The molecule has 0 saturated heterocycles. The van der Waals surface area contributed by atoms with Gasteiger partial charge in [-0.1, -0.05) is 53.5 Å². The fraction of sp³-hybridized carbons (Fsp3) is 0.143. The Kier molecular flexibility index (Phi) is 8.11. The zero-order chi connectivity index (χ0) is 19.6. The number of hydrogen-bond acceptors (Lipinski definition) is 4. The van der Waals surface area contributed by atoms with Gasteiger partial charge in [-0.2, -0.15) is 0 Å². The van der Waals surface area contributed by atoms with Crippen LogP contribution in [-0.2, 0) is 14.3 Å². The average molecular weight is 405 g/mol. The van der Waals surface area contributed by atoms with Crippen LogP contribution in [0.1, 0.15) is 18.1 Å². The predicted molar refractivity (Wildman–Crippen MR) is 108 cm³/mol. The Bertz CT molecular complexity index is 855. The molecule has 27 heavy (non-hydrogen) atoms. The van der Waals surface area contributed by atoms with Crippen LogP contribution in [0.3, 0.4) is 0 Å². The molecule has 2 rings (SSSR count). The van der Waals surface area contributed by atoms with E-state index in [1.54, 1.807) is 61.5 Å². The van der Waals surface area contributed by atoms with Crippen LogP contribution in [-0.4, -0.2) is 25.0 Å². The standard InChI is InChI=1S/C21H18Cl2O4/c1-2-26-20(25)14-27-18-12-7-15(8-13-18)6-10-17(24)11-9-16-4-3-5-19(22)21(16)23/h3-13H,2,14H2,1H3/b10-6+,11-9+. The van der Waals surface area contributed by atoms with Gasteiger partial charge >= 0.3 is 5.97 Å². The lowest BCUT2D eigenvalue weighted by Crippen LogP contribution is -2.14. The highest BCUT2D eigenvalue weighted by Crippen LogP contribution is 2.26. The molecule has 4 nitrogen and oxygen atoms in total. The van der Waals surface area contributed by atoms with Gasteiger partial charge in [-0.05, 0) is 54.5 Å². The van der Waals surface area contributed by atoms with Gasteiger partial charge in [0.05, 0.1) is 16.7 Å². The third-order valence-corrected chi connectivity index (χ3v) is 4.22. The molecular weight excluding hydrogens is 387 g/mol. The monoisotopic (exact) mass is 404 g/mol. The number of ketones is 1. The SMILES string of the molecule is CCOC(=O)COc1ccc(/C=C/C(=O)/C=C/c2cccc(Cl)c2Cl)cc1. The van der Waals surface area contributed by atoms with Crippen molar-refractivity contribution in [3.63, 3.8) is 0 Å². The number of esters is 1. The van der Waals surface area contributed by atoms with Crippen molar-refractivity contribution in [2.45, 2.75) is 6.92 Å². The van der Waals surface area contributed by atoms with Crippen LogP contribution in [0, 0.1) is 0 Å². The molecule has 0 heterocycles. The van der Waals surface area contributed by atoms with Gasteiger partial charge in [-0.3, -0.25) is 4.79 Å². The molecule has 0 spiro atoms. The fourth-order valence-electron chi connectivity index (χ4n) is 2.08. The van der Waals surface area contributed by atoms with E-state index in [0.717, 1.165) is 5.56 Å². The van der Waals surface area contributed by atoms with Crippen LogP contribution < -0.4 is 4.74 Å². The summed E-state index contributed by atoms with van der Waals surface area (Å²) in [4.78, 5) is 23.2. The highest BCUT2D eigenvalue weighted by Gasteiger charge is 2.03. The molecular formula is C21H18Cl2O4. The van der Waals surface area contributed by atoms with E-state index in [1.807, 2.05) is 0 Å². The largest absolute Gasteiger partial charge is 0.482 e. The lowest BCUT2D eigenvalue weighted by atomic mass is 10.1. The second-order valence-corrected chi connectivity index (χ2v) is 6.16. The van der Waals surface area contributed by atoms with Crippen molar-refractivity contribution >= 4 is 47.1 Å². The van der Waals surface area contributed by atoms with E-state index in [4.69, 9.17) is 32.7 Å². The maximum absolute atomic E-state index is 12.0. The van der Waals surface area contributed by atoms with Crippen LogP contribution in [0.25, 0.3) is 12.2 Å². The van der Waals surface area contributed by atoms with Gasteiger partial charge in [0.15, 0.2) is 12.4 Å². The van der Waals surface area contributed by atoms with E-state index in [1.165, 1.54) is 12.2 Å². The van der Waals surface area contributed by atoms with Crippen molar-refractivity contribution in [2.75, 3.05) is 13.2 Å². The summed E-state index contributed by atoms with van der Waals surface area (Å²) in [5, 5.41) is 0.845. The summed E-state index contributed by atoms with van der Waals surface area (Å²) in [5.74, 6) is -0.0608. The van der Waals surface area contributed by atoms with E-state index in [2.05, 4.69) is 0 Å². The Morgan fingerprint density at radius 2 is 1.70 bits per heavy atom. The second kappa shape index (κ2) is 10.6. The molecule has 2 aromatic carbocycles. The second-order valence-electron chi connectivity index (χ2n) is 5.37. The van der Waals surface area contributed by atoms with Gasteiger partial charge in [0.25, 0.3) is 0 Å². The lowest BCUT2D eigenvalue weighted by Gasteiger charge is -2.05. The normalized spacial score (nSPS) is 11.1. The molecule has 2 aromatic rings. The Hall–Kier alpha value is -2.56. The summed E-state index contributed by atoms with van der Waals surface area (Å²) < 4.78 is 10.1. The third kappa shape index (κ3) is 6.93. The van der Waals surface area contributed by atoms with Gasteiger partial charge < -0.3 is 9.47 Å². The Morgan fingerprint density at radius 1 is 1.00 bits per heavy atom. The van der Waals surface area contributed by atoms with Crippen LogP contribution >= 0.6 is 23.2 Å². The Balaban J connectivity index is 1.91. The summed E-state index contributed by atoms with van der Waals surface area (Å²) >= 11 is 12.0. The van der Waals surface area contributed by atoms with Gasteiger partial charge in [0.2, 0.25) is 0 Å². The van der Waals surface area contributed by atoms with E-state index in [-0.39, 0.29) is 12.4 Å². The van der Waals surface area contributed by atoms with Crippen molar-refractivity contribution in [2.24, 2.45) is 0 Å². The molecule has 140 valence electrons. The number of hydrogen-bond donors (Lipinski definition) is 0. The molecule has 0 aliphatic carbocycles. The van der Waals surface area contributed by atoms with E-state index >= 15 is 0 Å². The maximum Gasteiger partial charge on any atom is 0.344 e. The molecule has 0 unspecified atom stereocenters.